The largest absolute Gasteiger partial charge is 0.507 e. The van der Waals surface area contributed by atoms with Gasteiger partial charge in [0, 0.05) is 23.6 Å². The third kappa shape index (κ3) is 4.37. The molecule has 1 saturated heterocycles. The van der Waals surface area contributed by atoms with Gasteiger partial charge in [0.15, 0.2) is 0 Å². The summed E-state index contributed by atoms with van der Waals surface area (Å²) in [6.45, 7) is 6.60. The molecule has 168 valence electrons. The molecule has 6 heteroatoms. The molecule has 0 spiro atoms. The number of hydrogen-bond donors (Lipinski definition) is 1. The lowest BCUT2D eigenvalue weighted by Gasteiger charge is -2.25. The van der Waals surface area contributed by atoms with Crippen molar-refractivity contribution in [1.29, 1.82) is 0 Å². The van der Waals surface area contributed by atoms with Crippen molar-refractivity contribution >= 4 is 23.1 Å². The fourth-order valence-corrected chi connectivity index (χ4v) is 3.92. The van der Waals surface area contributed by atoms with Crippen molar-refractivity contribution in [3.05, 3.63) is 95.3 Å². The molecule has 1 N–H and O–H groups in total. The molecule has 4 rings (SSSR count). The van der Waals surface area contributed by atoms with E-state index in [0.29, 0.717) is 29.3 Å². The number of amides is 1. The van der Waals surface area contributed by atoms with Gasteiger partial charge >= 0.3 is 0 Å². The number of aryl methyl sites for hydroxylation is 1. The van der Waals surface area contributed by atoms with E-state index in [1.807, 2.05) is 13.0 Å². The van der Waals surface area contributed by atoms with Crippen LogP contribution in [-0.2, 0) is 9.59 Å². The first-order chi connectivity index (χ1) is 15.9. The molecule has 3 aromatic rings. The first kappa shape index (κ1) is 22.3. The van der Waals surface area contributed by atoms with Crippen molar-refractivity contribution in [2.24, 2.45) is 5.92 Å². The van der Waals surface area contributed by atoms with Gasteiger partial charge in [-0.1, -0.05) is 32.0 Å². The molecular weight excluding hydrogens is 416 g/mol. The summed E-state index contributed by atoms with van der Waals surface area (Å²) in [4.78, 5) is 31.7. The predicted molar refractivity (Wildman–Crippen MR) is 127 cm³/mol. The highest BCUT2D eigenvalue weighted by Crippen LogP contribution is 2.42. The molecule has 33 heavy (non-hydrogen) atoms. The lowest BCUT2D eigenvalue weighted by molar-refractivity contribution is -0.132. The Labute approximate surface area is 193 Å². The standard InChI is InChI=1S/C27H26N2O4/c1-17(2)16-33-22-10-9-20(15-18(22)3)25(30)23-24(19-11-13-28-14-12-19)29(27(32)26(23)31)21-7-5-4-6-8-21/h4-15,17,24,30H,16H2,1-3H3/b25-23-. The Morgan fingerprint density at radius 3 is 2.39 bits per heavy atom. The zero-order chi connectivity index (χ0) is 23.5. The molecule has 1 fully saturated rings. The van der Waals surface area contributed by atoms with Crippen molar-refractivity contribution < 1.29 is 19.4 Å². The Hall–Kier alpha value is -3.93. The van der Waals surface area contributed by atoms with Gasteiger partial charge in [0.05, 0.1) is 18.2 Å². The SMILES string of the molecule is Cc1cc(/C(O)=C2/C(=O)C(=O)N(c3ccccc3)C2c2ccncc2)ccc1OCC(C)C. The van der Waals surface area contributed by atoms with Crippen LogP contribution in [0.5, 0.6) is 5.75 Å². The van der Waals surface area contributed by atoms with E-state index in [2.05, 4.69) is 18.8 Å². The number of aliphatic hydroxyl groups is 1. The van der Waals surface area contributed by atoms with E-state index in [-0.39, 0.29) is 11.3 Å². The number of anilines is 1. The number of hydrogen-bond acceptors (Lipinski definition) is 5. The van der Waals surface area contributed by atoms with Crippen LogP contribution in [0.3, 0.4) is 0 Å². The number of Topliss-reactive ketones (excluding diaryl/α,β-unsaturated/α-hetero) is 1. The molecule has 2 aromatic carbocycles. The number of ketones is 1. The minimum absolute atomic E-state index is 0.0466. The van der Waals surface area contributed by atoms with Crippen LogP contribution in [0.1, 0.15) is 36.6 Å². The van der Waals surface area contributed by atoms with Gasteiger partial charge in [0.1, 0.15) is 11.5 Å². The number of aliphatic hydroxyl groups excluding tert-OH is 1. The highest BCUT2D eigenvalue weighted by Gasteiger charge is 2.46. The van der Waals surface area contributed by atoms with E-state index in [1.165, 1.54) is 4.90 Å². The first-order valence-corrected chi connectivity index (χ1v) is 10.9. The van der Waals surface area contributed by atoms with E-state index in [4.69, 9.17) is 4.74 Å². The van der Waals surface area contributed by atoms with E-state index in [1.54, 1.807) is 67.0 Å². The number of rotatable bonds is 6. The topological polar surface area (TPSA) is 79.7 Å². The van der Waals surface area contributed by atoms with Gasteiger partial charge in [0.25, 0.3) is 11.7 Å². The van der Waals surface area contributed by atoms with Crippen LogP contribution in [0, 0.1) is 12.8 Å². The maximum Gasteiger partial charge on any atom is 0.300 e. The van der Waals surface area contributed by atoms with Crippen LogP contribution in [0.2, 0.25) is 0 Å². The van der Waals surface area contributed by atoms with Crippen LogP contribution < -0.4 is 9.64 Å². The number of pyridine rings is 1. The Balaban J connectivity index is 1.82. The van der Waals surface area contributed by atoms with Crippen molar-refractivity contribution in [2.45, 2.75) is 26.8 Å². The lowest BCUT2D eigenvalue weighted by Crippen LogP contribution is -2.29. The monoisotopic (exact) mass is 442 g/mol. The maximum absolute atomic E-state index is 13.2. The van der Waals surface area contributed by atoms with Crippen molar-refractivity contribution in [3.63, 3.8) is 0 Å². The third-order valence-corrected chi connectivity index (χ3v) is 5.52. The molecule has 0 aliphatic carbocycles. The fraction of sp³-hybridized carbons (Fsp3) is 0.222. The summed E-state index contributed by atoms with van der Waals surface area (Å²) in [5.41, 5.74) is 2.59. The van der Waals surface area contributed by atoms with Crippen LogP contribution in [-0.4, -0.2) is 28.4 Å². The average Bonchev–Trinajstić information content (AvgIpc) is 3.09. The number of benzene rings is 2. The Morgan fingerprint density at radius 2 is 1.76 bits per heavy atom. The van der Waals surface area contributed by atoms with Gasteiger partial charge in [0.2, 0.25) is 0 Å². The van der Waals surface area contributed by atoms with Crippen molar-refractivity contribution in [1.82, 2.24) is 4.98 Å². The summed E-state index contributed by atoms with van der Waals surface area (Å²) < 4.78 is 5.83. The molecular formula is C27H26N2O4. The zero-order valence-corrected chi connectivity index (χ0v) is 18.9. The summed E-state index contributed by atoms with van der Waals surface area (Å²) in [5, 5.41) is 11.3. The minimum atomic E-state index is -0.771. The van der Waals surface area contributed by atoms with Crippen molar-refractivity contribution in [3.8, 4) is 5.75 Å². The quantitative estimate of drug-likeness (QED) is 0.328. The Bertz CT molecular complexity index is 1200. The number of aromatic nitrogens is 1. The van der Waals surface area contributed by atoms with Gasteiger partial charge in [-0.2, -0.15) is 0 Å². The molecule has 1 aromatic heterocycles. The molecule has 0 saturated carbocycles. The van der Waals surface area contributed by atoms with Crippen molar-refractivity contribution in [2.75, 3.05) is 11.5 Å². The molecule has 0 bridgehead atoms. The predicted octanol–water partition coefficient (Wildman–Crippen LogP) is 5.05. The zero-order valence-electron chi connectivity index (χ0n) is 18.9. The smallest absolute Gasteiger partial charge is 0.300 e. The fourth-order valence-electron chi connectivity index (χ4n) is 3.92. The number of nitrogens with zero attached hydrogens (tertiary/aromatic N) is 2. The molecule has 1 aliphatic rings. The molecule has 6 nitrogen and oxygen atoms in total. The summed E-state index contributed by atoms with van der Waals surface area (Å²) in [5.74, 6) is -0.524. The van der Waals surface area contributed by atoms with Crippen LogP contribution in [0.15, 0.2) is 78.6 Å². The van der Waals surface area contributed by atoms with Gasteiger partial charge in [-0.3, -0.25) is 19.5 Å². The third-order valence-electron chi connectivity index (χ3n) is 5.52. The minimum Gasteiger partial charge on any atom is -0.507 e. The molecule has 2 heterocycles. The molecule has 1 aliphatic heterocycles. The van der Waals surface area contributed by atoms with E-state index in [0.717, 1.165) is 11.3 Å². The van der Waals surface area contributed by atoms with Gasteiger partial charge in [-0.25, -0.2) is 0 Å². The van der Waals surface area contributed by atoms with E-state index in [9.17, 15) is 14.7 Å². The van der Waals surface area contributed by atoms with Gasteiger partial charge < -0.3 is 9.84 Å². The molecule has 0 radical (unpaired) electrons. The molecule has 1 unspecified atom stereocenters. The number of carbonyl (C=O) groups excluding carboxylic acids is 2. The van der Waals surface area contributed by atoms with E-state index < -0.39 is 17.7 Å². The molecule has 1 amide bonds. The second kappa shape index (κ2) is 9.28. The van der Waals surface area contributed by atoms with Crippen LogP contribution >= 0.6 is 0 Å². The first-order valence-electron chi connectivity index (χ1n) is 10.9. The lowest BCUT2D eigenvalue weighted by atomic mass is 9.95. The van der Waals surface area contributed by atoms with Crippen LogP contribution in [0.4, 0.5) is 5.69 Å². The summed E-state index contributed by atoms with van der Waals surface area (Å²) in [7, 11) is 0. The highest BCUT2D eigenvalue weighted by molar-refractivity contribution is 6.51. The number of carbonyl (C=O) groups is 2. The highest BCUT2D eigenvalue weighted by atomic mass is 16.5. The van der Waals surface area contributed by atoms with Gasteiger partial charge in [-0.15, -0.1) is 0 Å². The Kier molecular flexibility index (Phi) is 6.27. The second-order valence-electron chi connectivity index (χ2n) is 8.47. The summed E-state index contributed by atoms with van der Waals surface area (Å²) in [6.07, 6.45) is 3.21. The summed E-state index contributed by atoms with van der Waals surface area (Å²) >= 11 is 0. The van der Waals surface area contributed by atoms with Gasteiger partial charge in [-0.05, 0) is 66.4 Å². The summed E-state index contributed by atoms with van der Waals surface area (Å²) in [6, 6.07) is 17.0. The number of para-hydroxylation sites is 1. The van der Waals surface area contributed by atoms with Crippen LogP contribution in [0.25, 0.3) is 5.76 Å². The van der Waals surface area contributed by atoms with E-state index >= 15 is 0 Å². The Morgan fingerprint density at radius 1 is 1.06 bits per heavy atom. The number of ether oxygens (including phenoxy) is 1. The second-order valence-corrected chi connectivity index (χ2v) is 8.47. The molecule has 1 atom stereocenters. The normalized spacial score (nSPS) is 17.6. The average molecular weight is 443 g/mol. The maximum atomic E-state index is 13.2.